The van der Waals surface area contributed by atoms with Gasteiger partial charge in [-0.3, -0.25) is 0 Å². The van der Waals surface area contributed by atoms with Crippen molar-refractivity contribution in [1.29, 1.82) is 0 Å². The van der Waals surface area contributed by atoms with Gasteiger partial charge in [-0.25, -0.2) is 0 Å². The van der Waals surface area contributed by atoms with E-state index in [-0.39, 0.29) is 6.10 Å². The van der Waals surface area contributed by atoms with E-state index in [0.29, 0.717) is 0 Å². The van der Waals surface area contributed by atoms with E-state index in [2.05, 4.69) is 17.9 Å². The zero-order valence-electron chi connectivity index (χ0n) is 8.00. The second-order valence-corrected chi connectivity index (χ2v) is 2.90. The van der Waals surface area contributed by atoms with Crippen LogP contribution in [0, 0.1) is 0 Å². The molecule has 0 aliphatic carbocycles. The van der Waals surface area contributed by atoms with Gasteiger partial charge in [0.2, 0.25) is 0 Å². The van der Waals surface area contributed by atoms with Gasteiger partial charge in [-0.15, -0.1) is 0 Å². The van der Waals surface area contributed by atoms with Crippen LogP contribution in [0.25, 0.3) is 0 Å². The van der Waals surface area contributed by atoms with Gasteiger partial charge in [-0.05, 0) is 27.9 Å². The molecule has 0 rings (SSSR count). The maximum atomic E-state index is 5.46. The van der Waals surface area contributed by atoms with Gasteiger partial charge in [0.1, 0.15) is 0 Å². The van der Waals surface area contributed by atoms with Gasteiger partial charge in [-0.1, -0.05) is 12.2 Å². The van der Waals surface area contributed by atoms with E-state index >= 15 is 0 Å². The Kier molecular flexibility index (Phi) is 6.18. The summed E-state index contributed by atoms with van der Waals surface area (Å²) in [5, 5.41) is 0. The van der Waals surface area contributed by atoms with Gasteiger partial charge in [0, 0.05) is 6.54 Å². The molecule has 0 radical (unpaired) electrons. The van der Waals surface area contributed by atoms with Crippen LogP contribution in [0.3, 0.4) is 0 Å². The minimum atomic E-state index is 0.250. The van der Waals surface area contributed by atoms with Crippen LogP contribution in [-0.2, 0) is 4.74 Å². The van der Waals surface area contributed by atoms with Gasteiger partial charge in [-0.2, -0.15) is 0 Å². The molecule has 2 heteroatoms. The molecular formula is C9H19NO. The summed E-state index contributed by atoms with van der Waals surface area (Å²) in [5.74, 6) is 0. The topological polar surface area (TPSA) is 12.5 Å². The lowest BCUT2D eigenvalue weighted by molar-refractivity contribution is 0.0845. The van der Waals surface area contributed by atoms with Gasteiger partial charge in [0.25, 0.3) is 0 Å². The van der Waals surface area contributed by atoms with Crippen molar-refractivity contribution in [2.75, 3.05) is 27.2 Å². The van der Waals surface area contributed by atoms with Crippen LogP contribution in [0.5, 0.6) is 0 Å². The van der Waals surface area contributed by atoms with E-state index < -0.39 is 0 Å². The van der Waals surface area contributed by atoms with E-state index in [1.165, 1.54) is 0 Å². The minimum absolute atomic E-state index is 0.250. The Hall–Kier alpha value is -0.340. The van der Waals surface area contributed by atoms with Gasteiger partial charge >= 0.3 is 0 Å². The molecule has 0 saturated heterocycles. The molecule has 0 aromatic heterocycles. The van der Waals surface area contributed by atoms with E-state index in [4.69, 9.17) is 4.74 Å². The van der Waals surface area contributed by atoms with Crippen LogP contribution in [0.15, 0.2) is 12.2 Å². The van der Waals surface area contributed by atoms with Crippen molar-refractivity contribution in [3.63, 3.8) is 0 Å². The molecule has 0 aliphatic rings. The smallest absolute Gasteiger partial charge is 0.0728 e. The zero-order chi connectivity index (χ0) is 8.69. The van der Waals surface area contributed by atoms with Gasteiger partial charge < -0.3 is 9.64 Å². The molecule has 0 aromatic carbocycles. The standard InChI is InChI=1S/C9H19NO/c1-5-6-9(2)11-8-7-10(3)4/h5-6,9H,7-8H2,1-4H3. The highest BCUT2D eigenvalue weighted by Crippen LogP contribution is 1.92. The number of rotatable bonds is 5. The van der Waals surface area contributed by atoms with E-state index in [0.717, 1.165) is 13.2 Å². The second kappa shape index (κ2) is 6.38. The minimum Gasteiger partial charge on any atom is -0.373 e. The third-order valence-electron chi connectivity index (χ3n) is 1.38. The highest BCUT2D eigenvalue weighted by molar-refractivity contribution is 4.83. The van der Waals surface area contributed by atoms with Crippen molar-refractivity contribution in [3.05, 3.63) is 12.2 Å². The summed E-state index contributed by atoms with van der Waals surface area (Å²) in [6, 6.07) is 0. The lowest BCUT2D eigenvalue weighted by Gasteiger charge is -2.12. The maximum absolute atomic E-state index is 5.46. The Morgan fingerprint density at radius 1 is 1.45 bits per heavy atom. The van der Waals surface area contributed by atoms with Gasteiger partial charge in [0.05, 0.1) is 12.7 Å². The number of hydrogen-bond donors (Lipinski definition) is 0. The van der Waals surface area contributed by atoms with Crippen molar-refractivity contribution in [1.82, 2.24) is 4.90 Å². The average molecular weight is 157 g/mol. The Bertz CT molecular complexity index is 110. The fourth-order valence-electron chi connectivity index (χ4n) is 0.748. The van der Waals surface area contributed by atoms with Crippen LogP contribution in [-0.4, -0.2) is 38.3 Å². The lowest BCUT2D eigenvalue weighted by atomic mass is 10.3. The van der Waals surface area contributed by atoms with Crippen LogP contribution in [0.2, 0.25) is 0 Å². The quantitative estimate of drug-likeness (QED) is 0.561. The van der Waals surface area contributed by atoms with Crippen LogP contribution >= 0.6 is 0 Å². The third kappa shape index (κ3) is 7.56. The molecule has 2 nitrogen and oxygen atoms in total. The first-order valence-electron chi connectivity index (χ1n) is 4.06. The Balaban J connectivity index is 3.24. The monoisotopic (exact) mass is 157 g/mol. The molecular weight excluding hydrogens is 138 g/mol. The number of likely N-dealkylation sites (N-methyl/N-ethyl adjacent to an activating group) is 1. The largest absolute Gasteiger partial charge is 0.373 e. The molecule has 0 N–H and O–H groups in total. The maximum Gasteiger partial charge on any atom is 0.0728 e. The summed E-state index contributed by atoms with van der Waals surface area (Å²) >= 11 is 0. The molecule has 1 unspecified atom stereocenters. The molecule has 66 valence electrons. The molecule has 0 bridgehead atoms. The van der Waals surface area contributed by atoms with Crippen LogP contribution < -0.4 is 0 Å². The second-order valence-electron chi connectivity index (χ2n) is 2.90. The number of ether oxygens (including phenoxy) is 1. The van der Waals surface area contributed by atoms with Crippen molar-refractivity contribution in [2.24, 2.45) is 0 Å². The summed E-state index contributed by atoms with van der Waals surface area (Å²) in [6.07, 6.45) is 4.32. The SMILES string of the molecule is CC=CC(C)OCCN(C)C. The van der Waals surface area contributed by atoms with Crippen molar-refractivity contribution >= 4 is 0 Å². The van der Waals surface area contributed by atoms with Crippen LogP contribution in [0.4, 0.5) is 0 Å². The van der Waals surface area contributed by atoms with Crippen molar-refractivity contribution in [3.8, 4) is 0 Å². The molecule has 0 heterocycles. The summed E-state index contributed by atoms with van der Waals surface area (Å²) < 4.78 is 5.46. The predicted octanol–water partition coefficient (Wildman–Crippen LogP) is 1.53. The molecule has 11 heavy (non-hydrogen) atoms. The number of hydrogen-bond acceptors (Lipinski definition) is 2. The predicted molar refractivity (Wildman–Crippen MR) is 48.8 cm³/mol. The summed E-state index contributed by atoms with van der Waals surface area (Å²) in [4.78, 5) is 2.11. The Morgan fingerprint density at radius 2 is 2.09 bits per heavy atom. The van der Waals surface area contributed by atoms with Crippen molar-refractivity contribution < 1.29 is 4.74 Å². The molecule has 0 saturated carbocycles. The number of nitrogens with zero attached hydrogens (tertiary/aromatic N) is 1. The fourth-order valence-corrected chi connectivity index (χ4v) is 0.748. The van der Waals surface area contributed by atoms with Gasteiger partial charge in [0.15, 0.2) is 0 Å². The lowest BCUT2D eigenvalue weighted by Crippen LogP contribution is -2.20. The molecule has 0 fully saturated rings. The first-order valence-corrected chi connectivity index (χ1v) is 4.06. The van der Waals surface area contributed by atoms with E-state index in [1.807, 2.05) is 27.1 Å². The molecule has 0 aliphatic heterocycles. The molecule has 0 spiro atoms. The van der Waals surface area contributed by atoms with E-state index in [1.54, 1.807) is 0 Å². The van der Waals surface area contributed by atoms with Crippen LogP contribution in [0.1, 0.15) is 13.8 Å². The summed E-state index contributed by atoms with van der Waals surface area (Å²) in [7, 11) is 4.09. The summed E-state index contributed by atoms with van der Waals surface area (Å²) in [6.45, 7) is 5.85. The zero-order valence-corrected chi connectivity index (χ0v) is 8.00. The first-order chi connectivity index (χ1) is 5.16. The highest BCUT2D eigenvalue weighted by Gasteiger charge is 1.95. The molecule has 1 atom stereocenters. The number of allylic oxidation sites excluding steroid dienone is 1. The van der Waals surface area contributed by atoms with Crippen molar-refractivity contribution in [2.45, 2.75) is 20.0 Å². The Morgan fingerprint density at radius 3 is 2.55 bits per heavy atom. The molecule has 0 aromatic rings. The summed E-state index contributed by atoms with van der Waals surface area (Å²) in [5.41, 5.74) is 0. The third-order valence-corrected chi connectivity index (χ3v) is 1.38. The Labute approximate surface area is 69.8 Å². The normalized spacial score (nSPS) is 14.6. The average Bonchev–Trinajstić information content (AvgIpc) is 1.87. The molecule has 0 amide bonds. The highest BCUT2D eigenvalue weighted by atomic mass is 16.5. The van der Waals surface area contributed by atoms with E-state index in [9.17, 15) is 0 Å². The fraction of sp³-hybridized carbons (Fsp3) is 0.778. The first kappa shape index (κ1) is 10.7.